The highest BCUT2D eigenvalue weighted by Crippen LogP contribution is 2.31. The molecular formula is C43H56ClFN4O12. The summed E-state index contributed by atoms with van der Waals surface area (Å²) in [5.74, 6) is -2.25. The van der Waals surface area contributed by atoms with Crippen molar-refractivity contribution in [3.05, 3.63) is 93.8 Å². The van der Waals surface area contributed by atoms with Crippen molar-refractivity contribution < 1.29 is 61.4 Å². The molecule has 2 atom stereocenters. The van der Waals surface area contributed by atoms with E-state index >= 15 is 4.39 Å². The molecule has 0 unspecified atom stereocenters. The maximum Gasteiger partial charge on any atom is 0.251 e. The van der Waals surface area contributed by atoms with Gasteiger partial charge in [0.05, 0.1) is 112 Å². The zero-order valence-corrected chi connectivity index (χ0v) is 35.4. The van der Waals surface area contributed by atoms with E-state index in [1.54, 1.807) is 19.4 Å². The number of nitrogens with zero attached hydrogens (tertiary/aromatic N) is 1. The van der Waals surface area contributed by atoms with E-state index in [4.69, 9.17) is 42.6 Å². The normalized spacial score (nSPS) is 15.3. The second-order valence-electron chi connectivity index (χ2n) is 13.6. The SMILES string of the molecule is COCCOCCOCCOCCOCCOCCOCCOc1ccc(OC)c(F)c1C(=O)c1ccc(C(=O)N[C@@H]2CNC[C@@H]2NC(=O)c2ccc3c(c2)CN=C3)cc1.Cl. The zero-order chi connectivity index (χ0) is 42.4. The van der Waals surface area contributed by atoms with E-state index < -0.39 is 11.6 Å². The largest absolute Gasteiger partial charge is 0.494 e. The maximum absolute atomic E-state index is 15.6. The summed E-state index contributed by atoms with van der Waals surface area (Å²) in [4.78, 5) is 44.2. The molecule has 61 heavy (non-hydrogen) atoms. The molecule has 1 saturated heterocycles. The molecule has 0 saturated carbocycles. The fourth-order valence-electron chi connectivity index (χ4n) is 6.24. The minimum Gasteiger partial charge on any atom is -0.494 e. The van der Waals surface area contributed by atoms with Gasteiger partial charge in [-0.25, -0.2) is 4.39 Å². The predicted molar refractivity (Wildman–Crippen MR) is 225 cm³/mol. The molecule has 3 aromatic rings. The number of hydrogen-bond acceptors (Lipinski definition) is 14. The first kappa shape index (κ1) is 49.1. The topological polar surface area (TPSA) is 183 Å². The Morgan fingerprint density at radius 2 is 1.11 bits per heavy atom. The quantitative estimate of drug-likeness (QED) is 0.0685. The van der Waals surface area contributed by atoms with Crippen LogP contribution in [-0.2, 0) is 39.7 Å². The number of aliphatic imine (C=N–C) groups is 1. The lowest BCUT2D eigenvalue weighted by molar-refractivity contribution is -0.0199. The highest BCUT2D eigenvalue weighted by Gasteiger charge is 2.31. The lowest BCUT2D eigenvalue weighted by atomic mass is 10.00. The van der Waals surface area contributed by atoms with Crippen LogP contribution in [0, 0.1) is 5.82 Å². The molecule has 1 fully saturated rings. The molecule has 0 radical (unpaired) electrons. The van der Waals surface area contributed by atoms with Gasteiger partial charge in [0.15, 0.2) is 17.3 Å². The average Bonchev–Trinajstić information content (AvgIpc) is 3.93. The highest BCUT2D eigenvalue weighted by atomic mass is 35.5. The summed E-state index contributed by atoms with van der Waals surface area (Å²) in [5.41, 5.74) is 2.65. The van der Waals surface area contributed by atoms with Gasteiger partial charge in [0.25, 0.3) is 11.8 Å². The second-order valence-corrected chi connectivity index (χ2v) is 13.6. The van der Waals surface area contributed by atoms with Crippen LogP contribution in [0.4, 0.5) is 4.39 Å². The van der Waals surface area contributed by atoms with Crippen LogP contribution in [0.2, 0.25) is 0 Å². The fourth-order valence-corrected chi connectivity index (χ4v) is 6.24. The summed E-state index contributed by atoms with van der Waals surface area (Å²) in [5, 5.41) is 9.20. The number of methoxy groups -OCH3 is 2. The van der Waals surface area contributed by atoms with Gasteiger partial charge in [-0.2, -0.15) is 0 Å². The van der Waals surface area contributed by atoms with Gasteiger partial charge < -0.3 is 58.6 Å². The molecule has 0 spiro atoms. The van der Waals surface area contributed by atoms with E-state index in [2.05, 4.69) is 20.9 Å². The van der Waals surface area contributed by atoms with Crippen LogP contribution < -0.4 is 25.4 Å². The van der Waals surface area contributed by atoms with Crippen LogP contribution in [0.5, 0.6) is 11.5 Å². The Balaban J connectivity index is 0.00000819. The number of ether oxygens (including phenoxy) is 9. The molecule has 16 nitrogen and oxygen atoms in total. The predicted octanol–water partition coefficient (Wildman–Crippen LogP) is 3.04. The molecule has 5 rings (SSSR count). The van der Waals surface area contributed by atoms with Crippen LogP contribution >= 0.6 is 12.4 Å². The minimum absolute atomic E-state index is 0. The molecule has 18 heteroatoms. The number of halogens is 2. The third-order valence-electron chi connectivity index (χ3n) is 9.45. The van der Waals surface area contributed by atoms with Gasteiger partial charge in [0.1, 0.15) is 17.9 Å². The van der Waals surface area contributed by atoms with Crippen molar-refractivity contribution in [2.24, 2.45) is 4.99 Å². The van der Waals surface area contributed by atoms with Crippen molar-refractivity contribution in [3.8, 4) is 11.5 Å². The smallest absolute Gasteiger partial charge is 0.251 e. The Morgan fingerprint density at radius 3 is 1.66 bits per heavy atom. The Morgan fingerprint density at radius 1 is 0.639 bits per heavy atom. The Kier molecular flexibility index (Phi) is 22.1. The number of fused-ring (bicyclic) bond motifs is 1. The highest BCUT2D eigenvalue weighted by molar-refractivity contribution is 6.11. The lowest BCUT2D eigenvalue weighted by Gasteiger charge is -2.21. The van der Waals surface area contributed by atoms with Crippen molar-refractivity contribution >= 4 is 36.2 Å². The number of carbonyl (C=O) groups excluding carboxylic acids is 3. The zero-order valence-electron chi connectivity index (χ0n) is 34.6. The molecule has 334 valence electrons. The number of ketones is 1. The third kappa shape index (κ3) is 15.7. The second kappa shape index (κ2) is 27.4. The lowest BCUT2D eigenvalue weighted by Crippen LogP contribution is -2.51. The van der Waals surface area contributed by atoms with Gasteiger partial charge in [-0.05, 0) is 47.5 Å². The van der Waals surface area contributed by atoms with Gasteiger partial charge >= 0.3 is 0 Å². The van der Waals surface area contributed by atoms with Crippen molar-refractivity contribution in [3.63, 3.8) is 0 Å². The van der Waals surface area contributed by atoms with Crippen LogP contribution in [0.25, 0.3) is 0 Å². The molecule has 0 bridgehead atoms. The molecule has 2 amide bonds. The Labute approximate surface area is 361 Å². The molecule has 0 aromatic heterocycles. The van der Waals surface area contributed by atoms with Gasteiger partial charge in [0, 0.05) is 43.1 Å². The van der Waals surface area contributed by atoms with Crippen LogP contribution in [0.15, 0.2) is 59.6 Å². The molecule has 3 N–H and O–H groups in total. The summed E-state index contributed by atoms with van der Waals surface area (Å²) in [6.07, 6.45) is 1.79. The van der Waals surface area contributed by atoms with Crippen LogP contribution in [0.1, 0.15) is 47.8 Å². The molecule has 2 heterocycles. The van der Waals surface area contributed by atoms with Gasteiger partial charge in [-0.15, -0.1) is 12.4 Å². The van der Waals surface area contributed by atoms with E-state index in [0.29, 0.717) is 104 Å². The van der Waals surface area contributed by atoms with Crippen molar-refractivity contribution in [2.75, 3.05) is 120 Å². The standard InChI is InChI=1S/C43H55FN4O12.ClH/c1-52-11-12-54-13-14-55-15-16-56-17-18-57-19-20-58-21-22-59-23-24-60-37-9-10-38(53-2)40(44)39(37)41(49)30-3-5-31(6-4-30)42(50)47-35-28-46-29-36(35)48-43(51)32-7-8-33-26-45-27-34(33)25-32;/h3-10,25-26,35-36,46H,11-24,27-29H2,1-2H3,(H,47,50)(H,48,51);1H/t35-,36+;/m1./s1. The first-order valence-electron chi connectivity index (χ1n) is 19.9. The monoisotopic (exact) mass is 874 g/mol. The summed E-state index contributed by atoms with van der Waals surface area (Å²) in [6, 6.07) is 13.5. The number of benzene rings is 3. The number of rotatable bonds is 29. The van der Waals surface area contributed by atoms with Crippen LogP contribution in [0.3, 0.4) is 0 Å². The van der Waals surface area contributed by atoms with Gasteiger partial charge in [-0.3, -0.25) is 19.4 Å². The molecule has 2 aliphatic heterocycles. The van der Waals surface area contributed by atoms with Crippen LogP contribution in [-0.4, -0.2) is 156 Å². The van der Waals surface area contributed by atoms with Crippen molar-refractivity contribution in [1.29, 1.82) is 0 Å². The van der Waals surface area contributed by atoms with E-state index in [1.165, 1.54) is 43.5 Å². The van der Waals surface area contributed by atoms with Gasteiger partial charge in [-0.1, -0.05) is 18.2 Å². The van der Waals surface area contributed by atoms with E-state index in [0.717, 1.165) is 11.1 Å². The van der Waals surface area contributed by atoms with Gasteiger partial charge in [0.2, 0.25) is 0 Å². The first-order chi connectivity index (χ1) is 29.4. The Bertz CT molecular complexity index is 1850. The average molecular weight is 875 g/mol. The van der Waals surface area contributed by atoms with E-state index in [1.807, 2.05) is 12.1 Å². The summed E-state index contributed by atoms with van der Waals surface area (Å²) < 4.78 is 64.1. The fraction of sp³-hybridized carbons (Fsp3) is 0.488. The number of amides is 2. The number of carbonyl (C=O) groups is 3. The minimum atomic E-state index is -0.871. The third-order valence-corrected chi connectivity index (χ3v) is 9.45. The number of nitrogens with one attached hydrogen (secondary N) is 3. The summed E-state index contributed by atoms with van der Waals surface area (Å²) in [7, 11) is 2.93. The Hall–Kier alpha value is -4.56. The first-order valence-corrected chi connectivity index (χ1v) is 19.9. The van der Waals surface area contributed by atoms with Crippen molar-refractivity contribution in [2.45, 2.75) is 18.6 Å². The molecule has 3 aromatic carbocycles. The maximum atomic E-state index is 15.6. The molecular weight excluding hydrogens is 819 g/mol. The van der Waals surface area contributed by atoms with E-state index in [-0.39, 0.29) is 77.7 Å². The van der Waals surface area contributed by atoms with Crippen molar-refractivity contribution in [1.82, 2.24) is 16.0 Å². The summed E-state index contributed by atoms with van der Waals surface area (Å²) in [6.45, 7) is 7.09. The summed E-state index contributed by atoms with van der Waals surface area (Å²) >= 11 is 0. The molecule has 2 aliphatic rings. The molecule has 0 aliphatic carbocycles. The number of hydrogen-bond donors (Lipinski definition) is 3. The van der Waals surface area contributed by atoms with E-state index in [9.17, 15) is 14.4 Å².